The number of halogens is 3. The van der Waals surface area contributed by atoms with Crippen LogP contribution in [0.25, 0.3) is 5.82 Å². The summed E-state index contributed by atoms with van der Waals surface area (Å²) >= 11 is 0. The van der Waals surface area contributed by atoms with Crippen molar-refractivity contribution in [2.45, 2.75) is 18.2 Å². The van der Waals surface area contributed by atoms with Crippen LogP contribution in [0.15, 0.2) is 59.8 Å². The van der Waals surface area contributed by atoms with Crippen LogP contribution in [0.5, 0.6) is 5.75 Å². The second kappa shape index (κ2) is 8.43. The predicted molar refractivity (Wildman–Crippen MR) is 110 cm³/mol. The topological polar surface area (TPSA) is 80.6 Å². The fraction of sp³-hybridized carbons (Fsp3) is 0.300. The molecule has 1 fully saturated rings. The van der Waals surface area contributed by atoms with Gasteiger partial charge in [0.2, 0.25) is 10.0 Å². The number of piperazine rings is 1. The van der Waals surface area contributed by atoms with Crippen molar-refractivity contribution in [2.75, 3.05) is 31.1 Å². The molecule has 0 N–H and O–H groups in total. The Bertz CT molecular complexity index is 1170. The summed E-state index contributed by atoms with van der Waals surface area (Å²) in [6.07, 6.45) is -1.08. The van der Waals surface area contributed by atoms with Crippen LogP contribution in [-0.2, 0) is 10.0 Å². The summed E-state index contributed by atoms with van der Waals surface area (Å²) in [6.45, 7) is 3.05. The van der Waals surface area contributed by atoms with Crippen LogP contribution in [0, 0.1) is 6.92 Å². The van der Waals surface area contributed by atoms with Crippen molar-refractivity contribution in [1.29, 1.82) is 0 Å². The first-order valence-corrected chi connectivity index (χ1v) is 11.2. The van der Waals surface area contributed by atoms with E-state index in [-0.39, 0.29) is 18.0 Å². The van der Waals surface area contributed by atoms with Crippen LogP contribution in [0.1, 0.15) is 5.82 Å². The average Bonchev–Trinajstić information content (AvgIpc) is 3.28. The van der Waals surface area contributed by atoms with E-state index >= 15 is 0 Å². The van der Waals surface area contributed by atoms with Crippen LogP contribution in [0.2, 0.25) is 0 Å². The molecule has 1 aliphatic heterocycles. The molecule has 1 aliphatic rings. The Kier molecular flexibility index (Phi) is 5.82. The standard InChI is InChI=1S/C20H20F3N5O3S/c1-15-24-18(26-8-2-3-9-26)14-19(25-15)27-10-12-28(13-11-27)32(29,30)17-6-4-16(5-7-17)31-20(21,22)23/h2-9,14H,10-13H2,1H3. The van der Waals surface area contributed by atoms with Gasteiger partial charge in [0.1, 0.15) is 23.2 Å². The molecule has 0 amide bonds. The van der Waals surface area contributed by atoms with Crippen LogP contribution < -0.4 is 9.64 Å². The summed E-state index contributed by atoms with van der Waals surface area (Å²) in [6, 6.07) is 9.83. The summed E-state index contributed by atoms with van der Waals surface area (Å²) in [4.78, 5) is 10.8. The van der Waals surface area contributed by atoms with Crippen molar-refractivity contribution in [2.24, 2.45) is 0 Å². The first-order chi connectivity index (χ1) is 15.1. The highest BCUT2D eigenvalue weighted by Gasteiger charge is 2.32. The summed E-state index contributed by atoms with van der Waals surface area (Å²) < 4.78 is 69.7. The Morgan fingerprint density at radius 2 is 1.53 bits per heavy atom. The highest BCUT2D eigenvalue weighted by molar-refractivity contribution is 7.89. The first-order valence-electron chi connectivity index (χ1n) is 9.72. The molecule has 3 aromatic rings. The lowest BCUT2D eigenvalue weighted by molar-refractivity contribution is -0.274. The number of aromatic nitrogens is 3. The minimum Gasteiger partial charge on any atom is -0.406 e. The lowest BCUT2D eigenvalue weighted by Crippen LogP contribution is -2.49. The molecule has 12 heteroatoms. The number of hydrogen-bond donors (Lipinski definition) is 0. The normalized spacial score (nSPS) is 15.7. The number of nitrogens with zero attached hydrogens (tertiary/aromatic N) is 5. The van der Waals surface area contributed by atoms with Crippen molar-refractivity contribution < 1.29 is 26.3 Å². The van der Waals surface area contributed by atoms with E-state index in [4.69, 9.17) is 0 Å². The number of alkyl halides is 3. The van der Waals surface area contributed by atoms with Gasteiger partial charge in [0, 0.05) is 44.6 Å². The third-order valence-electron chi connectivity index (χ3n) is 4.94. The number of hydrogen-bond acceptors (Lipinski definition) is 6. The molecule has 8 nitrogen and oxygen atoms in total. The monoisotopic (exact) mass is 467 g/mol. The van der Waals surface area contributed by atoms with Gasteiger partial charge in [-0.05, 0) is 43.3 Å². The Morgan fingerprint density at radius 1 is 0.938 bits per heavy atom. The van der Waals surface area contributed by atoms with E-state index in [1.807, 2.05) is 40.1 Å². The van der Waals surface area contributed by atoms with Crippen LogP contribution in [0.4, 0.5) is 19.0 Å². The molecule has 0 radical (unpaired) electrons. The molecule has 2 aromatic heterocycles. The largest absolute Gasteiger partial charge is 0.573 e. The Morgan fingerprint density at radius 3 is 2.12 bits per heavy atom. The lowest BCUT2D eigenvalue weighted by Gasteiger charge is -2.34. The van der Waals surface area contributed by atoms with E-state index in [2.05, 4.69) is 14.7 Å². The van der Waals surface area contributed by atoms with Crippen LogP contribution >= 0.6 is 0 Å². The zero-order chi connectivity index (χ0) is 22.9. The maximum Gasteiger partial charge on any atom is 0.573 e. The molecule has 0 atom stereocenters. The minimum absolute atomic E-state index is 0.0896. The fourth-order valence-corrected chi connectivity index (χ4v) is 4.86. The molecule has 3 heterocycles. The van der Waals surface area contributed by atoms with Crippen LogP contribution in [0.3, 0.4) is 0 Å². The molecule has 4 rings (SSSR count). The van der Waals surface area contributed by atoms with Gasteiger partial charge in [0.25, 0.3) is 0 Å². The Labute approximate surface area is 182 Å². The zero-order valence-electron chi connectivity index (χ0n) is 17.0. The van der Waals surface area contributed by atoms with Gasteiger partial charge < -0.3 is 14.2 Å². The van der Waals surface area contributed by atoms with E-state index < -0.39 is 22.1 Å². The summed E-state index contributed by atoms with van der Waals surface area (Å²) in [5, 5.41) is 0. The zero-order valence-corrected chi connectivity index (χ0v) is 17.8. The summed E-state index contributed by atoms with van der Waals surface area (Å²) in [5.41, 5.74) is 0. The fourth-order valence-electron chi connectivity index (χ4n) is 3.44. The molecule has 0 bridgehead atoms. The quantitative estimate of drug-likeness (QED) is 0.574. The van der Waals surface area contributed by atoms with Gasteiger partial charge in [0.15, 0.2) is 0 Å². The second-order valence-corrected chi connectivity index (χ2v) is 9.07. The number of benzene rings is 1. The number of sulfonamides is 1. The molecule has 1 aromatic carbocycles. The lowest BCUT2D eigenvalue weighted by atomic mass is 10.3. The minimum atomic E-state index is -4.84. The second-order valence-electron chi connectivity index (χ2n) is 7.13. The molecule has 1 saturated heterocycles. The number of rotatable bonds is 5. The van der Waals surface area contributed by atoms with E-state index in [0.29, 0.717) is 30.5 Å². The molecular formula is C20H20F3N5O3S. The molecule has 0 saturated carbocycles. The predicted octanol–water partition coefficient (Wildman–Crippen LogP) is 2.99. The number of ether oxygens (including phenoxy) is 1. The summed E-state index contributed by atoms with van der Waals surface area (Å²) in [7, 11) is -3.85. The molecular weight excluding hydrogens is 447 g/mol. The molecule has 32 heavy (non-hydrogen) atoms. The smallest absolute Gasteiger partial charge is 0.406 e. The van der Waals surface area contributed by atoms with Gasteiger partial charge in [-0.1, -0.05) is 0 Å². The van der Waals surface area contributed by atoms with Gasteiger partial charge in [-0.25, -0.2) is 18.4 Å². The first kappa shape index (κ1) is 22.1. The summed E-state index contributed by atoms with van der Waals surface area (Å²) in [5.74, 6) is 1.54. The molecule has 0 spiro atoms. The third-order valence-corrected chi connectivity index (χ3v) is 6.85. The number of aryl methyl sites for hydroxylation is 1. The molecule has 0 aliphatic carbocycles. The van der Waals surface area contributed by atoms with Crippen molar-refractivity contribution in [3.8, 4) is 11.6 Å². The van der Waals surface area contributed by atoms with Gasteiger partial charge in [0.05, 0.1) is 4.90 Å². The Hall–Kier alpha value is -3.12. The maximum atomic E-state index is 12.9. The van der Waals surface area contributed by atoms with Crippen molar-refractivity contribution in [3.63, 3.8) is 0 Å². The van der Waals surface area contributed by atoms with E-state index in [0.717, 1.165) is 24.3 Å². The van der Waals surface area contributed by atoms with Crippen LogP contribution in [-0.4, -0.2) is 59.8 Å². The van der Waals surface area contributed by atoms with E-state index in [1.165, 1.54) is 4.31 Å². The molecule has 0 unspecified atom stereocenters. The van der Waals surface area contributed by atoms with Crippen molar-refractivity contribution in [1.82, 2.24) is 18.8 Å². The van der Waals surface area contributed by atoms with Gasteiger partial charge in [-0.3, -0.25) is 0 Å². The SMILES string of the molecule is Cc1nc(N2CCN(S(=O)(=O)c3ccc(OC(F)(F)F)cc3)CC2)cc(-n2cccc2)n1. The Balaban J connectivity index is 1.45. The average molecular weight is 467 g/mol. The van der Waals surface area contributed by atoms with Crippen molar-refractivity contribution in [3.05, 3.63) is 60.7 Å². The third kappa shape index (κ3) is 4.86. The number of anilines is 1. The molecule has 170 valence electrons. The highest BCUT2D eigenvalue weighted by atomic mass is 32.2. The van der Waals surface area contributed by atoms with Gasteiger partial charge in [-0.15, -0.1) is 13.2 Å². The van der Waals surface area contributed by atoms with E-state index in [9.17, 15) is 21.6 Å². The van der Waals surface area contributed by atoms with Crippen molar-refractivity contribution >= 4 is 15.8 Å². The van der Waals surface area contributed by atoms with Gasteiger partial charge >= 0.3 is 6.36 Å². The maximum absolute atomic E-state index is 12.9. The van der Waals surface area contributed by atoms with E-state index in [1.54, 1.807) is 6.92 Å². The van der Waals surface area contributed by atoms with Gasteiger partial charge in [-0.2, -0.15) is 4.31 Å². The highest BCUT2D eigenvalue weighted by Crippen LogP contribution is 2.26.